The molecule has 0 amide bonds. The SMILES string of the molecule is NC(=NCCCOc1ccc(Cl)cc1)Nc1ccc(C(F)(F)F)cc1. The Kier molecular flexibility index (Phi) is 6.52. The van der Waals surface area contributed by atoms with Crippen molar-refractivity contribution < 1.29 is 17.9 Å². The minimum atomic E-state index is -4.36. The Morgan fingerprint density at radius 2 is 1.72 bits per heavy atom. The average molecular weight is 372 g/mol. The number of anilines is 1. The summed E-state index contributed by atoms with van der Waals surface area (Å²) in [6.07, 6.45) is -3.72. The fraction of sp³-hybridized carbons (Fsp3) is 0.235. The minimum absolute atomic E-state index is 0.131. The lowest BCUT2D eigenvalue weighted by atomic mass is 10.2. The Hall–Kier alpha value is -2.41. The van der Waals surface area contributed by atoms with Crippen LogP contribution in [-0.2, 0) is 6.18 Å². The standard InChI is InChI=1S/C17H17ClF3N3O/c18-13-4-8-15(9-5-13)25-11-1-10-23-16(22)24-14-6-2-12(3-7-14)17(19,20)21/h2-9H,1,10-11H2,(H3,22,23,24). The summed E-state index contributed by atoms with van der Waals surface area (Å²) >= 11 is 5.78. The van der Waals surface area contributed by atoms with Crippen LogP contribution in [0.15, 0.2) is 53.5 Å². The number of nitrogens with one attached hydrogen (secondary N) is 1. The highest BCUT2D eigenvalue weighted by Crippen LogP contribution is 2.29. The van der Waals surface area contributed by atoms with Crippen molar-refractivity contribution in [3.8, 4) is 5.75 Å². The lowest BCUT2D eigenvalue weighted by molar-refractivity contribution is -0.137. The van der Waals surface area contributed by atoms with Crippen LogP contribution in [0.2, 0.25) is 5.02 Å². The van der Waals surface area contributed by atoms with Crippen LogP contribution in [0.4, 0.5) is 18.9 Å². The van der Waals surface area contributed by atoms with Gasteiger partial charge >= 0.3 is 6.18 Å². The van der Waals surface area contributed by atoms with Crippen molar-refractivity contribution in [1.82, 2.24) is 0 Å². The van der Waals surface area contributed by atoms with Gasteiger partial charge in [-0.1, -0.05) is 11.6 Å². The monoisotopic (exact) mass is 371 g/mol. The molecule has 2 rings (SSSR count). The molecule has 4 nitrogen and oxygen atoms in total. The molecule has 0 spiro atoms. The highest BCUT2D eigenvalue weighted by atomic mass is 35.5. The van der Waals surface area contributed by atoms with Gasteiger partial charge in [0.15, 0.2) is 5.96 Å². The number of guanidine groups is 1. The van der Waals surface area contributed by atoms with Gasteiger partial charge in [-0.15, -0.1) is 0 Å². The summed E-state index contributed by atoms with van der Waals surface area (Å²) in [5.74, 6) is 0.843. The number of hydrogen-bond acceptors (Lipinski definition) is 2. The van der Waals surface area contributed by atoms with Gasteiger partial charge in [-0.25, -0.2) is 0 Å². The largest absolute Gasteiger partial charge is 0.494 e. The van der Waals surface area contributed by atoms with E-state index in [9.17, 15) is 13.2 Å². The lowest BCUT2D eigenvalue weighted by Crippen LogP contribution is -2.23. The maximum absolute atomic E-state index is 12.5. The molecule has 0 aliphatic heterocycles. The van der Waals surface area contributed by atoms with Crippen LogP contribution in [0.1, 0.15) is 12.0 Å². The number of halogens is 4. The van der Waals surface area contributed by atoms with Gasteiger partial charge in [-0.2, -0.15) is 13.2 Å². The second kappa shape index (κ2) is 8.62. The Morgan fingerprint density at radius 3 is 2.32 bits per heavy atom. The third-order valence-electron chi connectivity index (χ3n) is 3.15. The van der Waals surface area contributed by atoms with Gasteiger partial charge in [-0.05, 0) is 48.5 Å². The van der Waals surface area contributed by atoms with E-state index in [1.54, 1.807) is 24.3 Å². The maximum Gasteiger partial charge on any atom is 0.416 e. The summed E-state index contributed by atoms with van der Waals surface area (Å²) in [5, 5.41) is 3.38. The lowest BCUT2D eigenvalue weighted by Gasteiger charge is -2.09. The fourth-order valence-electron chi connectivity index (χ4n) is 1.91. The predicted molar refractivity (Wildman–Crippen MR) is 93.1 cm³/mol. The van der Waals surface area contributed by atoms with Crippen LogP contribution < -0.4 is 15.8 Å². The van der Waals surface area contributed by atoms with E-state index in [2.05, 4.69) is 10.3 Å². The van der Waals surface area contributed by atoms with Crippen LogP contribution in [0.5, 0.6) is 5.75 Å². The summed E-state index contributed by atoms with van der Waals surface area (Å²) in [6.45, 7) is 0.881. The normalized spacial score (nSPS) is 12.1. The third-order valence-corrected chi connectivity index (χ3v) is 3.40. The molecule has 2 aromatic carbocycles. The first-order chi connectivity index (χ1) is 11.8. The van der Waals surface area contributed by atoms with Crippen molar-refractivity contribution in [1.29, 1.82) is 0 Å². The van der Waals surface area contributed by atoms with Crippen LogP contribution in [0.25, 0.3) is 0 Å². The van der Waals surface area contributed by atoms with E-state index in [4.69, 9.17) is 22.1 Å². The molecule has 0 atom stereocenters. The van der Waals surface area contributed by atoms with Crippen molar-refractivity contribution in [2.45, 2.75) is 12.6 Å². The van der Waals surface area contributed by atoms with E-state index < -0.39 is 11.7 Å². The first-order valence-electron chi connectivity index (χ1n) is 7.47. The molecule has 0 aliphatic carbocycles. The number of benzene rings is 2. The molecule has 0 bridgehead atoms. The van der Waals surface area contributed by atoms with Gasteiger partial charge in [0.05, 0.1) is 12.2 Å². The number of ether oxygens (including phenoxy) is 1. The molecule has 8 heteroatoms. The van der Waals surface area contributed by atoms with Gasteiger partial charge in [0, 0.05) is 23.7 Å². The van der Waals surface area contributed by atoms with E-state index in [0.717, 1.165) is 12.1 Å². The number of rotatable bonds is 6. The fourth-order valence-corrected chi connectivity index (χ4v) is 2.04. The number of aliphatic imine (C=N–C) groups is 1. The molecule has 134 valence electrons. The highest BCUT2D eigenvalue weighted by molar-refractivity contribution is 6.30. The number of nitrogens with two attached hydrogens (primary N) is 1. The van der Waals surface area contributed by atoms with Crippen LogP contribution in [-0.4, -0.2) is 19.1 Å². The van der Waals surface area contributed by atoms with Crippen molar-refractivity contribution >= 4 is 23.2 Å². The highest BCUT2D eigenvalue weighted by Gasteiger charge is 2.29. The zero-order valence-electron chi connectivity index (χ0n) is 13.2. The Bertz CT molecular complexity index is 701. The van der Waals surface area contributed by atoms with Gasteiger partial charge < -0.3 is 15.8 Å². The maximum atomic E-state index is 12.5. The number of nitrogens with zero attached hydrogens (tertiary/aromatic N) is 1. The molecule has 0 heterocycles. The molecule has 3 N–H and O–H groups in total. The first kappa shape index (κ1) is 18.9. The van der Waals surface area contributed by atoms with Crippen molar-refractivity contribution in [3.05, 3.63) is 59.1 Å². The van der Waals surface area contributed by atoms with Gasteiger partial charge in [0.1, 0.15) is 5.75 Å². The molecule has 2 aromatic rings. The predicted octanol–water partition coefficient (Wildman–Crippen LogP) is 4.55. The summed E-state index contributed by atoms with van der Waals surface area (Å²) in [4.78, 5) is 4.10. The average Bonchev–Trinajstić information content (AvgIpc) is 2.56. The molecule has 0 unspecified atom stereocenters. The minimum Gasteiger partial charge on any atom is -0.494 e. The summed E-state index contributed by atoms with van der Waals surface area (Å²) in [5.41, 5.74) is 5.42. The van der Waals surface area contributed by atoms with Gasteiger partial charge in [0.25, 0.3) is 0 Å². The van der Waals surface area contributed by atoms with E-state index in [-0.39, 0.29) is 5.96 Å². The molecule has 0 aromatic heterocycles. The first-order valence-corrected chi connectivity index (χ1v) is 7.85. The number of hydrogen-bond donors (Lipinski definition) is 2. The molecule has 25 heavy (non-hydrogen) atoms. The van der Waals surface area contributed by atoms with Crippen LogP contribution in [0, 0.1) is 0 Å². The summed E-state index contributed by atoms with van der Waals surface area (Å²) in [7, 11) is 0. The zero-order chi connectivity index (χ0) is 18.3. The molecule has 0 saturated heterocycles. The van der Waals surface area contributed by atoms with Crippen LogP contribution in [0.3, 0.4) is 0 Å². The van der Waals surface area contributed by atoms with Crippen molar-refractivity contribution in [2.75, 3.05) is 18.5 Å². The van der Waals surface area contributed by atoms with E-state index in [1.165, 1.54) is 12.1 Å². The molecule has 0 radical (unpaired) electrons. The summed E-state index contributed by atoms with van der Waals surface area (Å²) < 4.78 is 42.9. The quantitative estimate of drug-likeness (QED) is 0.445. The molecule has 0 fully saturated rings. The number of alkyl halides is 3. The summed E-state index contributed by atoms with van der Waals surface area (Å²) in [6, 6.07) is 11.6. The van der Waals surface area contributed by atoms with E-state index in [0.29, 0.717) is 36.0 Å². The Balaban J connectivity index is 1.73. The third kappa shape index (κ3) is 6.54. The molecular formula is C17H17ClF3N3O. The van der Waals surface area contributed by atoms with Crippen molar-refractivity contribution in [3.63, 3.8) is 0 Å². The van der Waals surface area contributed by atoms with Gasteiger partial charge in [0.2, 0.25) is 0 Å². The molecule has 0 saturated carbocycles. The smallest absolute Gasteiger partial charge is 0.416 e. The second-order valence-electron chi connectivity index (χ2n) is 5.12. The molecular weight excluding hydrogens is 355 g/mol. The molecule has 0 aliphatic rings. The Labute approximate surface area is 148 Å². The zero-order valence-corrected chi connectivity index (χ0v) is 13.9. The topological polar surface area (TPSA) is 59.6 Å². The van der Waals surface area contributed by atoms with E-state index >= 15 is 0 Å². The van der Waals surface area contributed by atoms with Gasteiger partial charge in [-0.3, -0.25) is 4.99 Å². The Morgan fingerprint density at radius 1 is 1.08 bits per heavy atom. The second-order valence-corrected chi connectivity index (χ2v) is 5.56. The van der Waals surface area contributed by atoms with E-state index in [1.807, 2.05) is 0 Å². The van der Waals surface area contributed by atoms with Crippen LogP contribution >= 0.6 is 11.6 Å². The van der Waals surface area contributed by atoms with Crippen molar-refractivity contribution in [2.24, 2.45) is 10.7 Å².